The summed E-state index contributed by atoms with van der Waals surface area (Å²) >= 11 is 5.08. The van der Waals surface area contributed by atoms with Crippen LogP contribution in [0.1, 0.15) is 15.3 Å². The van der Waals surface area contributed by atoms with Crippen LogP contribution in [-0.2, 0) is 12.3 Å². The van der Waals surface area contributed by atoms with Crippen molar-refractivity contribution in [1.29, 1.82) is 0 Å². The molecule has 1 N–H and O–H groups in total. The molecule has 124 valence electrons. The molecule has 0 saturated carbocycles. The second kappa shape index (κ2) is 10.1. The highest BCUT2D eigenvalue weighted by Gasteiger charge is 2.07. The molecule has 1 aromatic heterocycles. The van der Waals surface area contributed by atoms with Crippen LogP contribution >= 0.6 is 34.9 Å². The summed E-state index contributed by atoms with van der Waals surface area (Å²) in [5.74, 6) is 1.92. The zero-order chi connectivity index (χ0) is 16.5. The van der Waals surface area contributed by atoms with Crippen LogP contribution in [0, 0.1) is 17.0 Å². The maximum atomic E-state index is 10.4. The van der Waals surface area contributed by atoms with E-state index in [1.807, 2.05) is 29.4 Å². The highest BCUT2D eigenvalue weighted by Crippen LogP contribution is 2.26. The number of aryl methyl sites for hydroxylation is 1. The molecule has 0 bridgehead atoms. The Bertz CT molecular complexity index is 515. The third kappa shape index (κ3) is 7.53. The van der Waals surface area contributed by atoms with Crippen LogP contribution in [0.5, 0.6) is 0 Å². The number of hydrogen-bond donors (Lipinski definition) is 1. The summed E-state index contributed by atoms with van der Waals surface area (Å²) in [7, 11) is 4.17. The number of nitrogens with one attached hydrogen (secondary N) is 1. The molecule has 0 fully saturated rings. The first-order valence-electron chi connectivity index (χ1n) is 6.86. The average Bonchev–Trinajstić information content (AvgIpc) is 2.76. The number of nitrogens with zero attached hydrogens (tertiary/aromatic N) is 2. The van der Waals surface area contributed by atoms with Crippen LogP contribution in [0.4, 0.5) is 0 Å². The van der Waals surface area contributed by atoms with Gasteiger partial charge in [0.1, 0.15) is 5.03 Å². The molecule has 0 aromatic carbocycles. The Morgan fingerprint density at radius 3 is 2.86 bits per heavy atom. The fourth-order valence-electron chi connectivity index (χ4n) is 1.79. The van der Waals surface area contributed by atoms with Gasteiger partial charge in [0.25, 0.3) is 6.20 Å². The first kappa shape index (κ1) is 19.3. The van der Waals surface area contributed by atoms with Gasteiger partial charge in [0.15, 0.2) is 0 Å². The topological polar surface area (TPSA) is 58.4 Å². The monoisotopic (exact) mass is 361 g/mol. The number of thioether (sulfide) groups is 2. The van der Waals surface area contributed by atoms with Crippen molar-refractivity contribution in [2.45, 2.75) is 19.2 Å². The van der Waals surface area contributed by atoms with Crippen LogP contribution in [0.15, 0.2) is 17.3 Å². The Labute approximate surface area is 144 Å². The SMILES string of the molecule is CSC(=C[N+](=O)[O-])NCCSCc1cc(C)c(CN(C)C)s1. The van der Waals surface area contributed by atoms with Crippen LogP contribution in [0.2, 0.25) is 0 Å². The molecule has 0 unspecified atom stereocenters. The van der Waals surface area contributed by atoms with Crippen molar-refractivity contribution < 1.29 is 4.92 Å². The van der Waals surface area contributed by atoms with E-state index in [0.29, 0.717) is 5.03 Å². The van der Waals surface area contributed by atoms with Gasteiger partial charge >= 0.3 is 0 Å². The molecule has 0 radical (unpaired) electrons. The van der Waals surface area contributed by atoms with E-state index in [4.69, 9.17) is 0 Å². The molecule has 0 aliphatic carbocycles. The second-order valence-corrected chi connectivity index (χ2v) is 8.19. The molecule has 1 rings (SSSR count). The van der Waals surface area contributed by atoms with Crippen LogP contribution in [-0.4, -0.2) is 42.5 Å². The number of rotatable bonds is 10. The van der Waals surface area contributed by atoms with E-state index < -0.39 is 4.92 Å². The first-order valence-corrected chi connectivity index (χ1v) is 10.1. The Kier molecular flexibility index (Phi) is 8.92. The summed E-state index contributed by atoms with van der Waals surface area (Å²) in [5, 5.41) is 14.1. The summed E-state index contributed by atoms with van der Waals surface area (Å²) < 4.78 is 0. The van der Waals surface area contributed by atoms with E-state index >= 15 is 0 Å². The zero-order valence-electron chi connectivity index (χ0n) is 13.4. The molecule has 1 heterocycles. The van der Waals surface area contributed by atoms with E-state index in [0.717, 1.165) is 30.8 Å². The van der Waals surface area contributed by atoms with Gasteiger partial charge in [0.2, 0.25) is 0 Å². The molecule has 0 saturated heterocycles. The van der Waals surface area contributed by atoms with E-state index in [1.165, 1.54) is 27.1 Å². The Morgan fingerprint density at radius 1 is 1.55 bits per heavy atom. The lowest BCUT2D eigenvalue weighted by Gasteiger charge is -2.07. The molecule has 5 nitrogen and oxygen atoms in total. The molecule has 0 aliphatic rings. The van der Waals surface area contributed by atoms with Gasteiger partial charge in [0.05, 0.1) is 4.92 Å². The Morgan fingerprint density at radius 2 is 2.27 bits per heavy atom. The third-order valence-electron chi connectivity index (χ3n) is 2.76. The third-order valence-corrected chi connectivity index (χ3v) is 5.87. The van der Waals surface area contributed by atoms with Crippen molar-refractivity contribution in [3.8, 4) is 0 Å². The summed E-state index contributed by atoms with van der Waals surface area (Å²) in [4.78, 5) is 15.0. The van der Waals surface area contributed by atoms with Crippen molar-refractivity contribution >= 4 is 34.9 Å². The van der Waals surface area contributed by atoms with Crippen LogP contribution < -0.4 is 5.32 Å². The van der Waals surface area contributed by atoms with Gasteiger partial charge in [-0.1, -0.05) is 0 Å². The maximum Gasteiger partial charge on any atom is 0.263 e. The fourth-order valence-corrected chi connectivity index (χ4v) is 4.48. The fraction of sp³-hybridized carbons (Fsp3) is 0.571. The van der Waals surface area contributed by atoms with E-state index in [9.17, 15) is 10.1 Å². The van der Waals surface area contributed by atoms with Crippen molar-refractivity contribution in [3.63, 3.8) is 0 Å². The van der Waals surface area contributed by atoms with Gasteiger partial charge in [-0.05, 0) is 38.9 Å². The second-order valence-electron chi connectivity index (χ2n) is 5.02. The molecule has 0 amide bonds. The number of nitro groups is 1. The molecule has 0 atom stereocenters. The summed E-state index contributed by atoms with van der Waals surface area (Å²) in [6.45, 7) is 3.89. The minimum absolute atomic E-state index is 0.424. The van der Waals surface area contributed by atoms with Gasteiger partial charge < -0.3 is 10.2 Å². The zero-order valence-corrected chi connectivity index (χ0v) is 15.9. The lowest BCUT2D eigenvalue weighted by Crippen LogP contribution is -2.15. The van der Waals surface area contributed by atoms with Crippen molar-refractivity contribution in [2.75, 3.05) is 32.6 Å². The van der Waals surface area contributed by atoms with Gasteiger partial charge in [-0.3, -0.25) is 10.1 Å². The standard InChI is InChI=1S/C14H23N3O2S3/c1-11-7-12(22-13(11)8-16(2)3)10-21-6-5-15-14(20-4)9-17(18)19/h7,9,15H,5-6,8,10H2,1-4H3. The smallest absolute Gasteiger partial charge is 0.263 e. The van der Waals surface area contributed by atoms with Crippen molar-refractivity contribution in [2.24, 2.45) is 0 Å². The summed E-state index contributed by atoms with van der Waals surface area (Å²) in [5.41, 5.74) is 1.37. The van der Waals surface area contributed by atoms with E-state index in [-0.39, 0.29) is 0 Å². The largest absolute Gasteiger partial charge is 0.374 e. The van der Waals surface area contributed by atoms with Gasteiger partial charge in [0, 0.05) is 34.3 Å². The Hall–Kier alpha value is -0.700. The molecule has 1 aromatic rings. The lowest BCUT2D eigenvalue weighted by molar-refractivity contribution is -0.403. The lowest BCUT2D eigenvalue weighted by atomic mass is 10.2. The molecule has 8 heteroatoms. The average molecular weight is 362 g/mol. The predicted molar refractivity (Wildman–Crippen MR) is 99.2 cm³/mol. The highest BCUT2D eigenvalue weighted by molar-refractivity contribution is 8.02. The van der Waals surface area contributed by atoms with E-state index in [1.54, 1.807) is 0 Å². The summed E-state index contributed by atoms with van der Waals surface area (Å²) in [6, 6.07) is 2.27. The van der Waals surface area contributed by atoms with Crippen LogP contribution in [0.25, 0.3) is 0 Å². The first-order chi connectivity index (χ1) is 10.4. The molecular weight excluding hydrogens is 338 g/mol. The van der Waals surface area contributed by atoms with Gasteiger partial charge in [-0.25, -0.2) is 0 Å². The molecule has 22 heavy (non-hydrogen) atoms. The number of thiophene rings is 1. The van der Waals surface area contributed by atoms with Crippen molar-refractivity contribution in [1.82, 2.24) is 10.2 Å². The highest BCUT2D eigenvalue weighted by atomic mass is 32.2. The molecule has 0 spiro atoms. The molecular formula is C14H23N3O2S3. The van der Waals surface area contributed by atoms with E-state index in [2.05, 4.69) is 37.3 Å². The molecule has 0 aliphatic heterocycles. The van der Waals surface area contributed by atoms with Gasteiger partial charge in [-0.2, -0.15) is 11.8 Å². The minimum atomic E-state index is -0.424. The quantitative estimate of drug-likeness (QED) is 0.392. The Balaban J connectivity index is 2.31. The minimum Gasteiger partial charge on any atom is -0.374 e. The summed E-state index contributed by atoms with van der Waals surface area (Å²) in [6.07, 6.45) is 2.85. The number of hydrogen-bond acceptors (Lipinski definition) is 7. The van der Waals surface area contributed by atoms with Crippen molar-refractivity contribution in [3.05, 3.63) is 42.7 Å². The maximum absolute atomic E-state index is 10.4. The normalized spacial score (nSPS) is 12.0. The van der Waals surface area contributed by atoms with Gasteiger partial charge in [-0.15, -0.1) is 23.1 Å². The predicted octanol–water partition coefficient (Wildman–Crippen LogP) is 3.38. The van der Waals surface area contributed by atoms with Crippen LogP contribution in [0.3, 0.4) is 0 Å².